The number of carbonyl (C=O) groups excluding carboxylic acids is 2. The van der Waals surface area contributed by atoms with Crippen molar-refractivity contribution in [3.05, 3.63) is 45.8 Å². The molecule has 0 aliphatic carbocycles. The minimum absolute atomic E-state index is 0. The number of amides is 2. The minimum atomic E-state index is -3.80. The molecule has 36 heavy (non-hydrogen) atoms. The lowest BCUT2D eigenvalue weighted by Crippen LogP contribution is -2.36. The van der Waals surface area contributed by atoms with E-state index in [1.807, 2.05) is 0 Å². The van der Waals surface area contributed by atoms with E-state index >= 15 is 0 Å². The van der Waals surface area contributed by atoms with Gasteiger partial charge < -0.3 is 20.5 Å². The van der Waals surface area contributed by atoms with Crippen LogP contribution in [0.1, 0.15) is 38.1 Å². The van der Waals surface area contributed by atoms with Gasteiger partial charge in [-0.3, -0.25) is 14.5 Å². The van der Waals surface area contributed by atoms with Crippen LogP contribution >= 0.6 is 23.7 Å². The SMILES string of the molecule is CCN1CCc2c(sc(NC(=O)c3ccc(S(=O)(=O)N(CCOC)CCOC)cc3)c2C(N)=O)C1.Cl. The number of sulfonamides is 1. The summed E-state index contributed by atoms with van der Waals surface area (Å²) in [5.41, 5.74) is 7.17. The maximum atomic E-state index is 13.1. The number of methoxy groups -OCH3 is 2. The molecule has 3 rings (SSSR count). The highest BCUT2D eigenvalue weighted by Gasteiger charge is 2.28. The third-order valence-electron chi connectivity index (χ3n) is 5.90. The second kappa shape index (κ2) is 13.5. The van der Waals surface area contributed by atoms with Crippen molar-refractivity contribution in [2.75, 3.05) is 58.9 Å². The molecule has 0 unspecified atom stereocenters. The van der Waals surface area contributed by atoms with Gasteiger partial charge in [0.15, 0.2) is 0 Å². The monoisotopic (exact) mass is 560 g/mol. The van der Waals surface area contributed by atoms with Crippen LogP contribution in [0.2, 0.25) is 0 Å². The summed E-state index contributed by atoms with van der Waals surface area (Å²) in [7, 11) is -0.793. The highest BCUT2D eigenvalue weighted by atomic mass is 35.5. The second-order valence-corrected chi connectivity index (χ2v) is 11.1. The van der Waals surface area contributed by atoms with E-state index in [-0.39, 0.29) is 49.2 Å². The van der Waals surface area contributed by atoms with Crippen LogP contribution in [0.25, 0.3) is 0 Å². The Morgan fingerprint density at radius 3 is 2.28 bits per heavy atom. The molecule has 3 N–H and O–H groups in total. The number of likely N-dealkylation sites (N-methyl/N-ethyl adjacent to an activating group) is 1. The normalized spacial score (nSPS) is 13.8. The van der Waals surface area contributed by atoms with Crippen LogP contribution in [0.4, 0.5) is 5.00 Å². The number of halogens is 1. The molecule has 2 heterocycles. The predicted octanol–water partition coefficient (Wildman–Crippen LogP) is 2.18. The van der Waals surface area contributed by atoms with Crippen LogP contribution in [0.5, 0.6) is 0 Å². The lowest BCUT2D eigenvalue weighted by Gasteiger charge is -2.25. The lowest BCUT2D eigenvalue weighted by molar-refractivity contribution is 0.1000. The Morgan fingerprint density at radius 2 is 1.75 bits per heavy atom. The summed E-state index contributed by atoms with van der Waals surface area (Å²) in [5.74, 6) is -1.02. The van der Waals surface area contributed by atoms with Gasteiger partial charge in [0.05, 0.1) is 23.7 Å². The van der Waals surface area contributed by atoms with Gasteiger partial charge in [0.25, 0.3) is 11.8 Å². The minimum Gasteiger partial charge on any atom is -0.383 e. The van der Waals surface area contributed by atoms with Gasteiger partial charge in [0, 0.05) is 50.8 Å². The number of anilines is 1. The molecule has 0 spiro atoms. The van der Waals surface area contributed by atoms with Crippen molar-refractivity contribution in [2.24, 2.45) is 5.73 Å². The number of nitrogens with one attached hydrogen (secondary N) is 1. The zero-order valence-electron chi connectivity index (χ0n) is 20.6. The second-order valence-electron chi connectivity index (χ2n) is 8.06. The van der Waals surface area contributed by atoms with E-state index < -0.39 is 21.8 Å². The van der Waals surface area contributed by atoms with Gasteiger partial charge in [0.2, 0.25) is 10.0 Å². The van der Waals surface area contributed by atoms with Crippen molar-refractivity contribution in [3.63, 3.8) is 0 Å². The van der Waals surface area contributed by atoms with E-state index in [0.29, 0.717) is 23.5 Å². The van der Waals surface area contributed by atoms with Gasteiger partial charge in [-0.1, -0.05) is 6.92 Å². The highest BCUT2D eigenvalue weighted by Crippen LogP contribution is 2.37. The highest BCUT2D eigenvalue weighted by molar-refractivity contribution is 7.89. The number of nitrogens with zero attached hydrogens (tertiary/aromatic N) is 2. The number of benzene rings is 1. The van der Waals surface area contributed by atoms with Crippen LogP contribution in [0.15, 0.2) is 29.2 Å². The first-order valence-corrected chi connectivity index (χ1v) is 13.5. The first kappa shape index (κ1) is 30.2. The van der Waals surface area contributed by atoms with E-state index in [4.69, 9.17) is 15.2 Å². The number of primary amides is 1. The third-order valence-corrected chi connectivity index (χ3v) is 8.95. The standard InChI is InChI=1S/C23H32N4O6S2.ClH/c1-4-26-10-9-18-19(15-26)34-23(20(18)21(24)28)25-22(29)16-5-7-17(8-6-16)35(30,31)27(11-13-32-2)12-14-33-3;/h5-8H,4,9-15H2,1-3H3,(H2,24,28)(H,25,29);1H. The number of hydrogen-bond acceptors (Lipinski definition) is 8. The summed E-state index contributed by atoms with van der Waals surface area (Å²) >= 11 is 1.36. The molecule has 0 radical (unpaired) electrons. The van der Waals surface area contributed by atoms with Gasteiger partial charge in [0.1, 0.15) is 5.00 Å². The molecular weight excluding hydrogens is 528 g/mol. The molecule has 0 bridgehead atoms. The third kappa shape index (κ3) is 6.82. The molecule has 10 nitrogen and oxygen atoms in total. The number of fused-ring (bicyclic) bond motifs is 1. The zero-order valence-corrected chi connectivity index (χ0v) is 23.1. The molecule has 2 aromatic rings. The lowest BCUT2D eigenvalue weighted by atomic mass is 10.0. The van der Waals surface area contributed by atoms with E-state index in [9.17, 15) is 18.0 Å². The molecule has 13 heteroatoms. The van der Waals surface area contributed by atoms with E-state index in [1.165, 1.54) is 54.1 Å². The Hall–Kier alpha value is -2.06. The van der Waals surface area contributed by atoms with Crippen LogP contribution in [0, 0.1) is 0 Å². The van der Waals surface area contributed by atoms with Gasteiger partial charge in [-0.15, -0.1) is 23.7 Å². The maximum absolute atomic E-state index is 13.1. The van der Waals surface area contributed by atoms with Crippen LogP contribution in [-0.2, 0) is 32.5 Å². The smallest absolute Gasteiger partial charge is 0.256 e. The molecule has 1 aliphatic heterocycles. The summed E-state index contributed by atoms with van der Waals surface area (Å²) in [6.45, 7) is 5.36. The van der Waals surface area contributed by atoms with Crippen molar-refractivity contribution >= 4 is 50.6 Å². The fourth-order valence-electron chi connectivity index (χ4n) is 3.92. The van der Waals surface area contributed by atoms with Gasteiger partial charge in [-0.25, -0.2) is 8.42 Å². The van der Waals surface area contributed by atoms with Gasteiger partial charge in [-0.05, 0) is 42.8 Å². The Balaban J connectivity index is 0.00000456. The number of thiophene rings is 1. The molecule has 1 aromatic heterocycles. The molecule has 1 aliphatic rings. The molecular formula is C23H33ClN4O6S2. The summed E-state index contributed by atoms with van der Waals surface area (Å²) in [6.07, 6.45) is 0.697. The van der Waals surface area contributed by atoms with Gasteiger partial charge >= 0.3 is 0 Å². The average Bonchev–Trinajstić information content (AvgIpc) is 3.21. The molecule has 0 atom stereocenters. The molecule has 0 saturated carbocycles. The van der Waals surface area contributed by atoms with Crippen molar-refractivity contribution in [3.8, 4) is 0 Å². The average molecular weight is 561 g/mol. The van der Waals surface area contributed by atoms with Crippen molar-refractivity contribution < 1.29 is 27.5 Å². The van der Waals surface area contributed by atoms with Crippen LogP contribution in [0.3, 0.4) is 0 Å². The Morgan fingerprint density at radius 1 is 1.14 bits per heavy atom. The quantitative estimate of drug-likeness (QED) is 0.407. The predicted molar refractivity (Wildman–Crippen MR) is 142 cm³/mol. The van der Waals surface area contributed by atoms with Gasteiger partial charge in [-0.2, -0.15) is 4.31 Å². The Kier molecular flexibility index (Phi) is 11.3. The van der Waals surface area contributed by atoms with Crippen molar-refractivity contribution in [1.29, 1.82) is 0 Å². The van der Waals surface area contributed by atoms with E-state index in [1.54, 1.807) is 0 Å². The molecule has 1 aromatic carbocycles. The molecule has 0 saturated heterocycles. The summed E-state index contributed by atoms with van der Waals surface area (Å²) < 4.78 is 37.5. The number of ether oxygens (including phenoxy) is 2. The molecule has 0 fully saturated rings. The van der Waals surface area contributed by atoms with Crippen LogP contribution in [-0.4, -0.2) is 83.0 Å². The fraction of sp³-hybridized carbons (Fsp3) is 0.478. The topological polar surface area (TPSA) is 131 Å². The van der Waals surface area contributed by atoms with Crippen LogP contribution < -0.4 is 11.1 Å². The van der Waals surface area contributed by atoms with Crippen molar-refractivity contribution in [1.82, 2.24) is 9.21 Å². The van der Waals surface area contributed by atoms with Crippen molar-refractivity contribution in [2.45, 2.75) is 24.8 Å². The number of nitrogens with two attached hydrogens (primary N) is 1. The fourth-order valence-corrected chi connectivity index (χ4v) is 6.61. The Labute approximate surface area is 222 Å². The number of carbonyl (C=O) groups is 2. The zero-order chi connectivity index (χ0) is 25.6. The molecule has 2 amide bonds. The number of rotatable bonds is 12. The van der Waals surface area contributed by atoms with E-state index in [2.05, 4.69) is 17.1 Å². The van der Waals surface area contributed by atoms with E-state index in [0.717, 1.165) is 23.5 Å². The number of hydrogen-bond donors (Lipinski definition) is 2. The largest absolute Gasteiger partial charge is 0.383 e. The first-order chi connectivity index (χ1) is 16.7. The Bertz CT molecular complexity index is 1150. The summed E-state index contributed by atoms with van der Waals surface area (Å²) in [5, 5.41) is 3.23. The summed E-state index contributed by atoms with van der Waals surface area (Å²) in [6, 6.07) is 5.68. The molecule has 200 valence electrons. The summed E-state index contributed by atoms with van der Waals surface area (Å²) in [4.78, 5) is 28.5. The first-order valence-electron chi connectivity index (χ1n) is 11.3. The maximum Gasteiger partial charge on any atom is 0.256 e.